The molecule has 0 aliphatic heterocycles. The lowest BCUT2D eigenvalue weighted by atomic mass is 9.93. The Morgan fingerprint density at radius 1 is 0.975 bits per heavy atom. The van der Waals surface area contributed by atoms with Gasteiger partial charge in [-0.25, -0.2) is 4.79 Å². The largest absolute Gasteiger partial charge is 0.481 e. The summed E-state index contributed by atoms with van der Waals surface area (Å²) in [6.07, 6.45) is -5.44. The summed E-state index contributed by atoms with van der Waals surface area (Å²) in [5.74, 6) is -0.544. The highest BCUT2D eigenvalue weighted by atomic mass is 19.4. The van der Waals surface area contributed by atoms with Crippen molar-refractivity contribution in [2.45, 2.75) is 44.4 Å². The zero-order chi connectivity index (χ0) is 28.7. The lowest BCUT2D eigenvalue weighted by molar-refractivity contribution is -0.140. The summed E-state index contributed by atoms with van der Waals surface area (Å²) < 4.78 is 50.8. The Labute approximate surface area is 227 Å². The molecule has 1 aliphatic carbocycles. The minimum atomic E-state index is -4.59. The quantitative estimate of drug-likeness (QED) is 0.244. The van der Waals surface area contributed by atoms with E-state index in [-0.39, 0.29) is 17.0 Å². The van der Waals surface area contributed by atoms with Crippen molar-refractivity contribution >= 4 is 17.7 Å². The van der Waals surface area contributed by atoms with Gasteiger partial charge < -0.3 is 14.4 Å². The molecule has 206 valence electrons. The third-order valence-corrected chi connectivity index (χ3v) is 7.16. The Kier molecular flexibility index (Phi) is 6.87. The number of carbonyl (C=O) groups is 2. The summed E-state index contributed by atoms with van der Waals surface area (Å²) in [7, 11) is 0. The van der Waals surface area contributed by atoms with Gasteiger partial charge in [0.2, 0.25) is 0 Å². The van der Waals surface area contributed by atoms with Crippen LogP contribution in [-0.2, 0) is 21.1 Å². The molecule has 5 rings (SSSR count). The molecule has 1 heterocycles. The van der Waals surface area contributed by atoms with Gasteiger partial charge in [-0.1, -0.05) is 71.9 Å². The summed E-state index contributed by atoms with van der Waals surface area (Å²) in [5.41, 5.74) is 1.98. The van der Waals surface area contributed by atoms with Crippen LogP contribution in [0, 0.1) is 6.92 Å². The van der Waals surface area contributed by atoms with Gasteiger partial charge in [-0.05, 0) is 49.4 Å². The molecule has 1 fully saturated rings. The van der Waals surface area contributed by atoms with Crippen molar-refractivity contribution in [2.24, 2.45) is 0 Å². The molecule has 10 heteroatoms. The smallest absolute Gasteiger partial charge is 0.416 e. The van der Waals surface area contributed by atoms with E-state index in [4.69, 9.17) is 9.26 Å². The SMILES string of the molecule is Cc1noc(-c2ccc(-c3ccc(C4(C(=O)O)CC4)cc3)cc2)c1NC(=O)O[C@H](C)c1ccccc1C(F)(F)F. The van der Waals surface area contributed by atoms with E-state index < -0.39 is 35.3 Å². The van der Waals surface area contributed by atoms with Crippen molar-refractivity contribution in [3.8, 4) is 22.5 Å². The number of rotatable bonds is 7. The number of hydrogen-bond acceptors (Lipinski definition) is 5. The van der Waals surface area contributed by atoms with Crippen molar-refractivity contribution in [3.05, 3.63) is 95.2 Å². The van der Waals surface area contributed by atoms with Crippen molar-refractivity contribution in [1.82, 2.24) is 5.16 Å². The van der Waals surface area contributed by atoms with E-state index >= 15 is 0 Å². The predicted molar refractivity (Wildman–Crippen MR) is 141 cm³/mol. The van der Waals surface area contributed by atoms with Crippen LogP contribution in [0.2, 0.25) is 0 Å². The molecule has 1 saturated carbocycles. The summed E-state index contributed by atoms with van der Waals surface area (Å²) in [6.45, 7) is 2.98. The van der Waals surface area contributed by atoms with Gasteiger partial charge in [-0.3, -0.25) is 10.1 Å². The third kappa shape index (κ3) is 5.16. The van der Waals surface area contributed by atoms with Crippen LogP contribution in [0.5, 0.6) is 0 Å². The second-order valence-corrected chi connectivity index (χ2v) is 9.77. The molecule has 0 bridgehead atoms. The number of halogens is 3. The number of carbonyl (C=O) groups excluding carboxylic acids is 1. The van der Waals surface area contributed by atoms with Crippen LogP contribution < -0.4 is 5.32 Å². The number of aromatic nitrogens is 1. The Hall–Kier alpha value is -4.60. The van der Waals surface area contributed by atoms with E-state index in [0.717, 1.165) is 22.8 Å². The van der Waals surface area contributed by atoms with Gasteiger partial charge in [0.1, 0.15) is 17.5 Å². The van der Waals surface area contributed by atoms with E-state index in [1.807, 2.05) is 36.4 Å². The fourth-order valence-corrected chi connectivity index (χ4v) is 4.73. The number of carboxylic acids is 1. The molecule has 0 unspecified atom stereocenters. The molecule has 1 atom stereocenters. The molecule has 0 spiro atoms. The lowest BCUT2D eigenvalue weighted by Gasteiger charge is -2.19. The number of nitrogens with one attached hydrogen (secondary N) is 1. The summed E-state index contributed by atoms with van der Waals surface area (Å²) >= 11 is 0. The lowest BCUT2D eigenvalue weighted by Crippen LogP contribution is -2.19. The molecular formula is C30H25F3N2O5. The first-order chi connectivity index (χ1) is 19.0. The van der Waals surface area contributed by atoms with Gasteiger partial charge in [0.05, 0.1) is 11.0 Å². The first-order valence-corrected chi connectivity index (χ1v) is 12.5. The summed E-state index contributed by atoms with van der Waals surface area (Å²) in [5, 5.41) is 16.0. The number of amides is 1. The number of aryl methyl sites for hydroxylation is 1. The Morgan fingerprint density at radius 3 is 2.12 bits per heavy atom. The number of ether oxygens (including phenoxy) is 1. The number of aliphatic carboxylic acids is 1. The minimum Gasteiger partial charge on any atom is -0.481 e. The number of hydrogen-bond donors (Lipinski definition) is 2. The third-order valence-electron chi connectivity index (χ3n) is 7.16. The van der Waals surface area contributed by atoms with Crippen molar-refractivity contribution < 1.29 is 37.1 Å². The van der Waals surface area contributed by atoms with E-state index in [9.17, 15) is 27.9 Å². The monoisotopic (exact) mass is 550 g/mol. The first kappa shape index (κ1) is 27.0. The number of nitrogens with zero attached hydrogens (tertiary/aromatic N) is 1. The summed E-state index contributed by atoms with van der Waals surface area (Å²) in [6, 6.07) is 19.6. The maximum absolute atomic E-state index is 13.4. The van der Waals surface area contributed by atoms with Gasteiger partial charge in [0.15, 0.2) is 5.76 Å². The van der Waals surface area contributed by atoms with E-state index in [0.29, 0.717) is 24.1 Å². The van der Waals surface area contributed by atoms with Gasteiger partial charge in [-0.2, -0.15) is 13.2 Å². The summed E-state index contributed by atoms with van der Waals surface area (Å²) in [4.78, 5) is 24.2. The van der Waals surface area contributed by atoms with Crippen LogP contribution in [0.1, 0.15) is 48.3 Å². The number of benzene rings is 3. The molecule has 1 aromatic heterocycles. The normalized spacial score (nSPS) is 14.8. The van der Waals surface area contributed by atoms with Gasteiger partial charge >= 0.3 is 18.2 Å². The minimum absolute atomic E-state index is 0.161. The molecule has 1 amide bonds. The number of anilines is 1. The molecule has 40 heavy (non-hydrogen) atoms. The molecule has 0 saturated heterocycles. The first-order valence-electron chi connectivity index (χ1n) is 12.5. The average molecular weight is 551 g/mol. The Bertz CT molecular complexity index is 1560. The van der Waals surface area contributed by atoms with Crippen LogP contribution in [0.3, 0.4) is 0 Å². The van der Waals surface area contributed by atoms with Crippen LogP contribution in [0.15, 0.2) is 77.3 Å². The highest BCUT2D eigenvalue weighted by molar-refractivity contribution is 5.91. The van der Waals surface area contributed by atoms with E-state index in [2.05, 4.69) is 10.5 Å². The molecule has 3 aromatic carbocycles. The zero-order valence-corrected chi connectivity index (χ0v) is 21.6. The average Bonchev–Trinajstić information content (AvgIpc) is 3.68. The zero-order valence-electron chi connectivity index (χ0n) is 21.6. The van der Waals surface area contributed by atoms with Crippen molar-refractivity contribution in [1.29, 1.82) is 0 Å². The van der Waals surface area contributed by atoms with E-state index in [1.165, 1.54) is 25.1 Å². The van der Waals surface area contributed by atoms with Crippen LogP contribution >= 0.6 is 0 Å². The molecule has 0 radical (unpaired) electrons. The van der Waals surface area contributed by atoms with E-state index in [1.54, 1.807) is 19.1 Å². The Balaban J connectivity index is 1.30. The number of alkyl halides is 3. The number of carboxylic acid groups (broad SMARTS) is 1. The van der Waals surface area contributed by atoms with Crippen LogP contribution in [0.25, 0.3) is 22.5 Å². The fourth-order valence-electron chi connectivity index (χ4n) is 4.73. The predicted octanol–water partition coefficient (Wildman–Crippen LogP) is 7.76. The maximum atomic E-state index is 13.4. The van der Waals surface area contributed by atoms with Crippen LogP contribution in [-0.4, -0.2) is 22.3 Å². The van der Waals surface area contributed by atoms with Gasteiger partial charge in [-0.15, -0.1) is 0 Å². The fraction of sp³-hybridized carbons (Fsp3) is 0.233. The van der Waals surface area contributed by atoms with Crippen LogP contribution in [0.4, 0.5) is 23.7 Å². The standard InChI is InChI=1S/C30H25F3N2O5/c1-17-25(34-28(38)39-18(2)23-5-3-4-6-24(23)30(31,32)33)26(40-35-17)21-9-7-19(8-10-21)20-11-13-22(14-12-20)29(15-16-29)27(36)37/h3-14,18H,15-16H2,1-2H3,(H,34,38)(H,36,37)/t18-/m1/s1. The van der Waals surface area contributed by atoms with Gasteiger partial charge in [0, 0.05) is 11.1 Å². The second-order valence-electron chi connectivity index (χ2n) is 9.77. The highest BCUT2D eigenvalue weighted by Crippen LogP contribution is 2.48. The Morgan fingerprint density at radius 2 is 1.55 bits per heavy atom. The van der Waals surface area contributed by atoms with Crippen molar-refractivity contribution in [2.75, 3.05) is 5.32 Å². The molecule has 4 aromatic rings. The maximum Gasteiger partial charge on any atom is 0.416 e. The topological polar surface area (TPSA) is 102 Å². The molecule has 1 aliphatic rings. The molecular weight excluding hydrogens is 525 g/mol. The van der Waals surface area contributed by atoms with Crippen molar-refractivity contribution in [3.63, 3.8) is 0 Å². The molecule has 7 nitrogen and oxygen atoms in total. The molecule has 2 N–H and O–H groups in total. The van der Waals surface area contributed by atoms with Gasteiger partial charge in [0.25, 0.3) is 0 Å². The second kappa shape index (κ2) is 10.2. The highest BCUT2D eigenvalue weighted by Gasteiger charge is 2.51.